The number of nitrogens with zero attached hydrogens (tertiary/aromatic N) is 1. The first-order chi connectivity index (χ1) is 11.0. The first kappa shape index (κ1) is 18.2. The van der Waals surface area contributed by atoms with E-state index in [9.17, 15) is 14.7 Å². The van der Waals surface area contributed by atoms with Gasteiger partial charge in [0, 0.05) is 33.4 Å². The molecule has 0 aromatic rings. The van der Waals surface area contributed by atoms with Gasteiger partial charge in [0.25, 0.3) is 0 Å². The number of amides is 1. The van der Waals surface area contributed by atoms with E-state index in [1.165, 1.54) is 7.11 Å². The molecule has 1 aliphatic heterocycles. The number of hydrogen-bond acceptors (Lipinski definition) is 4. The van der Waals surface area contributed by atoms with Crippen molar-refractivity contribution in [1.29, 1.82) is 0 Å². The minimum Gasteiger partial charge on any atom is -0.481 e. The number of carboxylic acids is 1. The summed E-state index contributed by atoms with van der Waals surface area (Å²) in [5, 5.41) is 9.56. The van der Waals surface area contributed by atoms with E-state index < -0.39 is 11.4 Å². The fourth-order valence-electron chi connectivity index (χ4n) is 4.05. The lowest BCUT2D eigenvalue weighted by molar-refractivity contribution is -0.152. The van der Waals surface area contributed by atoms with Gasteiger partial charge in [-0.05, 0) is 32.6 Å². The van der Waals surface area contributed by atoms with E-state index in [4.69, 9.17) is 9.47 Å². The van der Waals surface area contributed by atoms with Crippen LogP contribution in [0.2, 0.25) is 0 Å². The molecule has 0 radical (unpaired) electrons. The number of carbonyl (C=O) groups is 2. The molecule has 1 aliphatic carbocycles. The summed E-state index contributed by atoms with van der Waals surface area (Å²) in [5.41, 5.74) is -1.30. The highest BCUT2D eigenvalue weighted by Crippen LogP contribution is 2.44. The van der Waals surface area contributed by atoms with Crippen LogP contribution in [0.4, 0.5) is 0 Å². The van der Waals surface area contributed by atoms with Gasteiger partial charge >= 0.3 is 5.97 Å². The molecule has 1 unspecified atom stereocenters. The lowest BCUT2D eigenvalue weighted by Gasteiger charge is -2.33. The average Bonchev–Trinajstić information content (AvgIpc) is 3.16. The van der Waals surface area contributed by atoms with Crippen LogP contribution in [0, 0.1) is 10.8 Å². The van der Waals surface area contributed by atoms with Crippen molar-refractivity contribution in [3.05, 3.63) is 0 Å². The number of carboxylic acid groups (broad SMARTS) is 1. The summed E-state index contributed by atoms with van der Waals surface area (Å²) in [6.07, 6.45) is 5.10. The Kier molecular flexibility index (Phi) is 6.03. The van der Waals surface area contributed by atoms with Crippen LogP contribution in [0.3, 0.4) is 0 Å². The maximum atomic E-state index is 13.1. The van der Waals surface area contributed by atoms with Gasteiger partial charge < -0.3 is 19.5 Å². The van der Waals surface area contributed by atoms with E-state index in [1.54, 1.807) is 4.90 Å². The van der Waals surface area contributed by atoms with Crippen LogP contribution < -0.4 is 0 Å². The third-order valence-corrected chi connectivity index (χ3v) is 5.46. The van der Waals surface area contributed by atoms with Gasteiger partial charge in [-0.1, -0.05) is 12.8 Å². The van der Waals surface area contributed by atoms with Crippen LogP contribution in [0.1, 0.15) is 45.4 Å². The summed E-state index contributed by atoms with van der Waals surface area (Å²) < 4.78 is 10.6. The van der Waals surface area contributed by atoms with Crippen LogP contribution in [-0.2, 0) is 19.1 Å². The molecule has 1 atom stereocenters. The molecule has 0 aromatic heterocycles. The van der Waals surface area contributed by atoms with Gasteiger partial charge in [-0.3, -0.25) is 9.59 Å². The van der Waals surface area contributed by atoms with Gasteiger partial charge in [0.05, 0.1) is 12.0 Å². The smallest absolute Gasteiger partial charge is 0.313 e. The fourth-order valence-corrected chi connectivity index (χ4v) is 4.05. The zero-order valence-corrected chi connectivity index (χ0v) is 14.3. The number of aliphatic carboxylic acids is 1. The molecule has 2 fully saturated rings. The molecule has 1 N–H and O–H groups in total. The predicted molar refractivity (Wildman–Crippen MR) is 85.2 cm³/mol. The summed E-state index contributed by atoms with van der Waals surface area (Å²) in [7, 11) is 1.51. The second-order valence-corrected chi connectivity index (χ2v) is 6.93. The molecule has 1 heterocycles. The monoisotopic (exact) mass is 327 g/mol. The molecule has 0 aromatic carbocycles. The Hall–Kier alpha value is -1.14. The average molecular weight is 327 g/mol. The largest absolute Gasteiger partial charge is 0.481 e. The molecule has 1 saturated carbocycles. The van der Waals surface area contributed by atoms with Crippen molar-refractivity contribution in [2.24, 2.45) is 10.8 Å². The highest BCUT2D eigenvalue weighted by molar-refractivity contribution is 5.85. The number of hydrogen-bond donors (Lipinski definition) is 1. The molecule has 1 saturated heterocycles. The Labute approximate surface area is 138 Å². The van der Waals surface area contributed by atoms with E-state index in [-0.39, 0.29) is 24.5 Å². The molecule has 6 heteroatoms. The zero-order valence-electron chi connectivity index (χ0n) is 14.3. The fraction of sp³-hybridized carbons (Fsp3) is 0.882. The lowest BCUT2D eigenvalue weighted by Crippen LogP contribution is -2.45. The molecule has 2 aliphatic rings. The Bertz CT molecular complexity index is 433. The highest BCUT2D eigenvalue weighted by Gasteiger charge is 2.51. The van der Waals surface area contributed by atoms with Crippen molar-refractivity contribution in [2.45, 2.75) is 45.4 Å². The van der Waals surface area contributed by atoms with Crippen molar-refractivity contribution in [1.82, 2.24) is 4.90 Å². The van der Waals surface area contributed by atoms with Crippen LogP contribution in [0.5, 0.6) is 0 Å². The quantitative estimate of drug-likeness (QED) is 0.689. The van der Waals surface area contributed by atoms with Crippen molar-refractivity contribution in [3.63, 3.8) is 0 Å². The third kappa shape index (κ3) is 3.69. The molecule has 23 heavy (non-hydrogen) atoms. The second-order valence-electron chi connectivity index (χ2n) is 6.93. The minimum absolute atomic E-state index is 0.119. The molecular weight excluding hydrogens is 298 g/mol. The van der Waals surface area contributed by atoms with Crippen molar-refractivity contribution in [2.75, 3.05) is 40.0 Å². The Balaban J connectivity index is 2.07. The number of methoxy groups -OCH3 is 1. The van der Waals surface area contributed by atoms with E-state index in [1.807, 2.05) is 6.92 Å². The van der Waals surface area contributed by atoms with Gasteiger partial charge in [-0.2, -0.15) is 0 Å². The number of ether oxygens (including phenoxy) is 2. The summed E-state index contributed by atoms with van der Waals surface area (Å²) in [6.45, 7) is 4.12. The summed E-state index contributed by atoms with van der Waals surface area (Å²) >= 11 is 0. The van der Waals surface area contributed by atoms with Crippen molar-refractivity contribution >= 4 is 11.9 Å². The van der Waals surface area contributed by atoms with Gasteiger partial charge in [0.2, 0.25) is 5.91 Å². The van der Waals surface area contributed by atoms with Crippen LogP contribution in [0.15, 0.2) is 0 Å². The molecule has 0 bridgehead atoms. The van der Waals surface area contributed by atoms with E-state index in [0.717, 1.165) is 32.1 Å². The van der Waals surface area contributed by atoms with E-state index >= 15 is 0 Å². The molecule has 2 rings (SSSR count). The highest BCUT2D eigenvalue weighted by atomic mass is 16.5. The minimum atomic E-state index is -0.954. The van der Waals surface area contributed by atoms with Crippen molar-refractivity contribution in [3.8, 4) is 0 Å². The van der Waals surface area contributed by atoms with E-state index in [2.05, 4.69) is 0 Å². The normalized spacial score (nSPS) is 26.6. The standard InChI is InChI=1S/C17H29NO5/c1-3-23-11-9-16(6-4-5-7-16)14(19)18-10-8-17(12-18,13-22-2)15(20)21/h3-13H2,1-2H3,(H,20,21). The van der Waals surface area contributed by atoms with Gasteiger partial charge in [-0.25, -0.2) is 0 Å². The topological polar surface area (TPSA) is 76.1 Å². The molecular formula is C17H29NO5. The second kappa shape index (κ2) is 7.62. The molecule has 132 valence electrons. The van der Waals surface area contributed by atoms with Gasteiger partial charge in [0.15, 0.2) is 0 Å². The van der Waals surface area contributed by atoms with Gasteiger partial charge in [0.1, 0.15) is 5.41 Å². The predicted octanol–water partition coefficient (Wildman–Crippen LogP) is 1.92. The number of carbonyl (C=O) groups excluding carboxylic acids is 1. The summed E-state index contributed by atoms with van der Waals surface area (Å²) in [4.78, 5) is 26.5. The maximum absolute atomic E-state index is 13.1. The maximum Gasteiger partial charge on any atom is 0.313 e. The van der Waals surface area contributed by atoms with Crippen LogP contribution in [0.25, 0.3) is 0 Å². The first-order valence-corrected chi connectivity index (χ1v) is 8.59. The van der Waals surface area contributed by atoms with E-state index in [0.29, 0.717) is 26.2 Å². The van der Waals surface area contributed by atoms with Crippen LogP contribution in [-0.4, -0.2) is 61.9 Å². The zero-order chi connectivity index (χ0) is 16.9. The first-order valence-electron chi connectivity index (χ1n) is 8.59. The Morgan fingerprint density at radius 2 is 1.87 bits per heavy atom. The molecule has 1 amide bonds. The van der Waals surface area contributed by atoms with Crippen LogP contribution >= 0.6 is 0 Å². The Morgan fingerprint density at radius 1 is 1.17 bits per heavy atom. The summed E-state index contributed by atoms with van der Waals surface area (Å²) in [5.74, 6) is -0.752. The SMILES string of the molecule is CCOCCC1(C(=O)N2CCC(COC)(C(=O)O)C2)CCCC1. The lowest BCUT2D eigenvalue weighted by atomic mass is 9.81. The Morgan fingerprint density at radius 3 is 2.43 bits per heavy atom. The molecule has 0 spiro atoms. The third-order valence-electron chi connectivity index (χ3n) is 5.46. The number of likely N-dealkylation sites (tertiary alicyclic amines) is 1. The molecule has 6 nitrogen and oxygen atoms in total. The number of rotatable bonds is 8. The summed E-state index contributed by atoms with van der Waals surface area (Å²) in [6, 6.07) is 0. The van der Waals surface area contributed by atoms with Crippen molar-refractivity contribution < 1.29 is 24.2 Å². The van der Waals surface area contributed by atoms with Gasteiger partial charge in [-0.15, -0.1) is 0 Å².